The van der Waals surface area contributed by atoms with Crippen LogP contribution in [0.1, 0.15) is 13.8 Å². The van der Waals surface area contributed by atoms with E-state index in [1.54, 1.807) is 13.8 Å². The molecule has 0 radical (unpaired) electrons. The zero-order valence-electron chi connectivity index (χ0n) is 5.22. The van der Waals surface area contributed by atoms with Gasteiger partial charge in [-0.3, -0.25) is 4.70 Å². The zero-order valence-corrected chi connectivity index (χ0v) is 5.22. The van der Waals surface area contributed by atoms with Crippen LogP contribution in [0, 0.1) is 5.41 Å². The van der Waals surface area contributed by atoms with Crippen LogP contribution in [-0.4, -0.2) is 23.4 Å². The molecule has 0 aliphatic carbocycles. The van der Waals surface area contributed by atoms with E-state index in [4.69, 9.17) is 10.2 Å². The number of halogens is 1. The van der Waals surface area contributed by atoms with E-state index in [0.717, 1.165) is 0 Å². The Hall–Kier alpha value is -0.150. The number of hydrogen-bond donors (Lipinski definition) is 2. The molecule has 0 aromatic carbocycles. The van der Waals surface area contributed by atoms with Crippen molar-refractivity contribution >= 4 is 0 Å². The molecule has 0 aliphatic heterocycles. The molecule has 0 saturated heterocycles. The van der Waals surface area contributed by atoms with Crippen LogP contribution in [0.4, 0.5) is 4.70 Å². The van der Waals surface area contributed by atoms with E-state index >= 15 is 0 Å². The highest BCUT2D eigenvalue weighted by Crippen LogP contribution is 2.10. The van der Waals surface area contributed by atoms with Gasteiger partial charge in [-0.1, -0.05) is 13.8 Å². The molecule has 8 heavy (non-hydrogen) atoms. The fourth-order valence-corrected chi connectivity index (χ4v) is 0.0500. The third kappa shape index (κ3) is 4.02. The first kappa shape index (κ1) is 10.8. The van der Waals surface area contributed by atoms with E-state index < -0.39 is 0 Å². The van der Waals surface area contributed by atoms with Gasteiger partial charge < -0.3 is 10.2 Å². The Morgan fingerprint density at radius 3 is 1.38 bits per heavy atom. The van der Waals surface area contributed by atoms with Crippen molar-refractivity contribution in [1.82, 2.24) is 0 Å². The van der Waals surface area contributed by atoms with Crippen LogP contribution in [0.25, 0.3) is 0 Å². The topological polar surface area (TPSA) is 40.5 Å². The van der Waals surface area contributed by atoms with Crippen LogP contribution >= 0.6 is 0 Å². The van der Waals surface area contributed by atoms with E-state index in [0.29, 0.717) is 0 Å². The maximum Gasteiger partial charge on any atom is 0.0504 e. The molecular weight excluding hydrogens is 111 g/mol. The maximum atomic E-state index is 8.43. The van der Waals surface area contributed by atoms with E-state index in [1.165, 1.54) is 0 Å². The third-order valence-corrected chi connectivity index (χ3v) is 0.856. The summed E-state index contributed by atoms with van der Waals surface area (Å²) in [5.74, 6) is 0. The average Bonchev–Trinajstić information content (AvgIpc) is 1.68. The molecular formula is C5H13FO2. The first-order chi connectivity index (χ1) is 3.12. The minimum absolute atomic E-state index is 0. The Morgan fingerprint density at radius 1 is 1.12 bits per heavy atom. The molecule has 2 nitrogen and oxygen atoms in total. The zero-order chi connectivity index (χ0) is 5.91. The average molecular weight is 124 g/mol. The smallest absolute Gasteiger partial charge is 0.0504 e. The van der Waals surface area contributed by atoms with Gasteiger partial charge in [0.2, 0.25) is 0 Å². The molecule has 0 atom stereocenters. The quantitative estimate of drug-likeness (QED) is 0.550. The van der Waals surface area contributed by atoms with Crippen molar-refractivity contribution in [2.24, 2.45) is 5.41 Å². The van der Waals surface area contributed by atoms with Gasteiger partial charge in [-0.2, -0.15) is 0 Å². The van der Waals surface area contributed by atoms with Crippen molar-refractivity contribution < 1.29 is 14.9 Å². The Kier molecular flexibility index (Phi) is 5.12. The number of aliphatic hydroxyl groups is 2. The van der Waals surface area contributed by atoms with Gasteiger partial charge in [0.15, 0.2) is 0 Å². The summed E-state index contributed by atoms with van der Waals surface area (Å²) >= 11 is 0. The molecule has 0 bridgehead atoms. The Labute approximate surface area is 48.5 Å². The van der Waals surface area contributed by atoms with Gasteiger partial charge in [-0.25, -0.2) is 0 Å². The molecule has 0 heterocycles. The van der Waals surface area contributed by atoms with Crippen molar-refractivity contribution in [1.29, 1.82) is 0 Å². The van der Waals surface area contributed by atoms with Crippen molar-refractivity contribution in [2.45, 2.75) is 13.8 Å². The summed E-state index contributed by atoms with van der Waals surface area (Å²) in [5.41, 5.74) is -0.306. The number of rotatable bonds is 2. The second kappa shape index (κ2) is 3.80. The lowest BCUT2D eigenvalue weighted by molar-refractivity contribution is 0.0857. The maximum absolute atomic E-state index is 8.43. The first-order valence-corrected chi connectivity index (χ1v) is 2.34. The van der Waals surface area contributed by atoms with Crippen LogP contribution < -0.4 is 0 Å². The lowest BCUT2D eigenvalue weighted by Gasteiger charge is -2.16. The van der Waals surface area contributed by atoms with E-state index in [1.807, 2.05) is 0 Å². The Balaban J connectivity index is 0. The van der Waals surface area contributed by atoms with Crippen LogP contribution in [0.5, 0.6) is 0 Å². The molecule has 2 N–H and O–H groups in total. The second-order valence-electron chi connectivity index (χ2n) is 2.48. The molecule has 0 amide bonds. The lowest BCUT2D eigenvalue weighted by atomic mass is 9.97. The van der Waals surface area contributed by atoms with Crippen LogP contribution in [0.2, 0.25) is 0 Å². The predicted molar refractivity (Wildman–Crippen MR) is 30.5 cm³/mol. The van der Waals surface area contributed by atoms with Gasteiger partial charge in [-0.05, 0) is 0 Å². The van der Waals surface area contributed by atoms with Crippen molar-refractivity contribution in [2.75, 3.05) is 13.2 Å². The SMILES string of the molecule is CC(C)(CO)CO.F. The molecule has 0 aliphatic rings. The van der Waals surface area contributed by atoms with Crippen LogP contribution in [-0.2, 0) is 0 Å². The van der Waals surface area contributed by atoms with Crippen LogP contribution in [0.3, 0.4) is 0 Å². The predicted octanol–water partition coefficient (Wildman–Crippen LogP) is 0.150. The van der Waals surface area contributed by atoms with Gasteiger partial charge in [-0.15, -0.1) is 0 Å². The summed E-state index contributed by atoms with van der Waals surface area (Å²) < 4.78 is 0. The molecule has 0 rings (SSSR count). The fourth-order valence-electron chi connectivity index (χ4n) is 0.0500. The number of hydrogen-bond acceptors (Lipinski definition) is 2. The van der Waals surface area contributed by atoms with E-state index in [2.05, 4.69) is 0 Å². The molecule has 0 unspecified atom stereocenters. The minimum atomic E-state index is -0.306. The molecule has 0 saturated carbocycles. The van der Waals surface area contributed by atoms with Crippen molar-refractivity contribution in [3.63, 3.8) is 0 Å². The second-order valence-corrected chi connectivity index (χ2v) is 2.48. The van der Waals surface area contributed by atoms with E-state index in [-0.39, 0.29) is 23.3 Å². The lowest BCUT2D eigenvalue weighted by Crippen LogP contribution is -2.20. The summed E-state index contributed by atoms with van der Waals surface area (Å²) in [7, 11) is 0. The van der Waals surface area contributed by atoms with Gasteiger partial charge >= 0.3 is 0 Å². The highest BCUT2D eigenvalue weighted by molar-refractivity contribution is 4.62. The summed E-state index contributed by atoms with van der Waals surface area (Å²) in [6, 6.07) is 0. The van der Waals surface area contributed by atoms with Crippen LogP contribution in [0.15, 0.2) is 0 Å². The monoisotopic (exact) mass is 124 g/mol. The first-order valence-electron chi connectivity index (χ1n) is 2.34. The van der Waals surface area contributed by atoms with Gasteiger partial charge in [0.05, 0.1) is 13.2 Å². The van der Waals surface area contributed by atoms with Gasteiger partial charge in [0, 0.05) is 5.41 Å². The fraction of sp³-hybridized carbons (Fsp3) is 1.00. The minimum Gasteiger partial charge on any atom is -0.396 e. The summed E-state index contributed by atoms with van der Waals surface area (Å²) in [4.78, 5) is 0. The summed E-state index contributed by atoms with van der Waals surface area (Å²) in [5, 5.41) is 16.9. The molecule has 0 aromatic rings. The van der Waals surface area contributed by atoms with Gasteiger partial charge in [0.1, 0.15) is 0 Å². The third-order valence-electron chi connectivity index (χ3n) is 0.856. The van der Waals surface area contributed by atoms with Crippen molar-refractivity contribution in [3.8, 4) is 0 Å². The van der Waals surface area contributed by atoms with Gasteiger partial charge in [0.25, 0.3) is 0 Å². The normalized spacial score (nSPS) is 10.5. The highest BCUT2D eigenvalue weighted by Gasteiger charge is 2.13. The highest BCUT2D eigenvalue weighted by atomic mass is 19.0. The number of aliphatic hydroxyl groups excluding tert-OH is 2. The summed E-state index contributed by atoms with van der Waals surface area (Å²) in [6.07, 6.45) is 0. The Bertz CT molecular complexity index is 48.4. The summed E-state index contributed by atoms with van der Waals surface area (Å²) in [6.45, 7) is 3.69. The molecule has 0 aromatic heterocycles. The standard InChI is InChI=1S/C5H12O2.FH/c1-5(2,3-6)4-7;/h6-7H,3-4H2,1-2H3;1H. The van der Waals surface area contributed by atoms with Crippen molar-refractivity contribution in [3.05, 3.63) is 0 Å². The Morgan fingerprint density at radius 2 is 1.38 bits per heavy atom. The molecule has 3 heteroatoms. The molecule has 0 spiro atoms. The molecule has 52 valence electrons. The largest absolute Gasteiger partial charge is 0.396 e. The van der Waals surface area contributed by atoms with E-state index in [9.17, 15) is 0 Å². The molecule has 0 fully saturated rings.